The Kier molecular flexibility index (Phi) is 5.03. The molecule has 3 heteroatoms. The highest BCUT2D eigenvalue weighted by Crippen LogP contribution is 2.34. The molecule has 108 valence electrons. The zero-order valence-corrected chi connectivity index (χ0v) is 13.7. The Morgan fingerprint density at radius 2 is 2.10 bits per heavy atom. The fourth-order valence-corrected chi connectivity index (χ4v) is 5.53. The second kappa shape index (κ2) is 6.97. The van der Waals surface area contributed by atoms with Gasteiger partial charge in [-0.25, -0.2) is 0 Å². The van der Waals surface area contributed by atoms with E-state index in [0.717, 1.165) is 5.25 Å². The van der Waals surface area contributed by atoms with Gasteiger partial charge < -0.3 is 5.32 Å². The van der Waals surface area contributed by atoms with Gasteiger partial charge in [0, 0.05) is 21.7 Å². The first kappa shape index (κ1) is 14.4. The number of benzene rings is 1. The maximum Gasteiger partial charge on any atom is 0.0423 e. The van der Waals surface area contributed by atoms with Crippen molar-refractivity contribution < 1.29 is 0 Å². The first-order valence-electron chi connectivity index (χ1n) is 7.63. The molecule has 1 heterocycles. The van der Waals surface area contributed by atoms with Crippen LogP contribution in [0.3, 0.4) is 0 Å². The normalized spacial score (nSPS) is 18.4. The summed E-state index contributed by atoms with van der Waals surface area (Å²) in [6.45, 7) is 0. The van der Waals surface area contributed by atoms with E-state index in [4.69, 9.17) is 0 Å². The van der Waals surface area contributed by atoms with Crippen LogP contribution in [-0.2, 0) is 0 Å². The minimum absolute atomic E-state index is 0.476. The predicted octanol–water partition coefficient (Wildman–Crippen LogP) is 5.23. The van der Waals surface area contributed by atoms with Gasteiger partial charge in [0.2, 0.25) is 0 Å². The minimum Gasteiger partial charge on any atom is -0.312 e. The van der Waals surface area contributed by atoms with Crippen molar-refractivity contribution in [2.45, 2.75) is 43.4 Å². The molecular formula is C17H23NS2. The summed E-state index contributed by atoms with van der Waals surface area (Å²) in [6, 6.07) is 9.41. The highest BCUT2D eigenvalue weighted by molar-refractivity contribution is 7.99. The van der Waals surface area contributed by atoms with Crippen LogP contribution in [0.5, 0.6) is 0 Å². The summed E-state index contributed by atoms with van der Waals surface area (Å²) in [5.41, 5.74) is 1.48. The molecule has 1 aromatic carbocycles. The van der Waals surface area contributed by atoms with Crippen LogP contribution in [0.15, 0.2) is 29.6 Å². The van der Waals surface area contributed by atoms with Crippen molar-refractivity contribution in [1.82, 2.24) is 5.32 Å². The standard InChI is InChI=1S/C17H23NS2/c1-18-16(12-20-14-7-3-2-4-8-14)15-9-5-6-13-10-11-19-17(13)15/h5-6,9-11,14,16,18H,2-4,7-8,12H2,1H3. The second-order valence-corrected chi connectivity index (χ2v) is 7.87. The van der Waals surface area contributed by atoms with E-state index in [-0.39, 0.29) is 0 Å². The quantitative estimate of drug-likeness (QED) is 0.812. The minimum atomic E-state index is 0.476. The Morgan fingerprint density at radius 3 is 2.90 bits per heavy atom. The number of thioether (sulfide) groups is 1. The SMILES string of the molecule is CNC(CSC1CCCCC1)c1cccc2ccsc12. The average molecular weight is 306 g/mol. The topological polar surface area (TPSA) is 12.0 Å². The van der Waals surface area contributed by atoms with Crippen LogP contribution in [0.2, 0.25) is 0 Å². The lowest BCUT2D eigenvalue weighted by Crippen LogP contribution is -2.21. The van der Waals surface area contributed by atoms with E-state index >= 15 is 0 Å². The van der Waals surface area contributed by atoms with Gasteiger partial charge in [-0.1, -0.05) is 37.5 Å². The molecule has 0 radical (unpaired) electrons. The maximum atomic E-state index is 3.53. The summed E-state index contributed by atoms with van der Waals surface area (Å²) in [5.74, 6) is 1.19. The molecule has 1 N–H and O–H groups in total. The van der Waals surface area contributed by atoms with E-state index in [1.807, 2.05) is 11.3 Å². The van der Waals surface area contributed by atoms with Crippen molar-refractivity contribution in [2.24, 2.45) is 0 Å². The van der Waals surface area contributed by atoms with E-state index < -0.39 is 0 Å². The molecule has 1 nitrogen and oxygen atoms in total. The van der Waals surface area contributed by atoms with Crippen molar-refractivity contribution in [3.8, 4) is 0 Å². The summed E-state index contributed by atoms with van der Waals surface area (Å²) >= 11 is 4.05. The zero-order chi connectivity index (χ0) is 13.8. The summed E-state index contributed by atoms with van der Waals surface area (Å²) in [7, 11) is 2.10. The molecule has 1 aromatic heterocycles. The monoisotopic (exact) mass is 305 g/mol. The molecule has 1 saturated carbocycles. The van der Waals surface area contributed by atoms with E-state index in [2.05, 4.69) is 53.8 Å². The Bertz CT molecular complexity index is 543. The third-order valence-electron chi connectivity index (χ3n) is 4.28. The third kappa shape index (κ3) is 3.21. The molecule has 1 atom stereocenters. The maximum absolute atomic E-state index is 3.53. The van der Waals surface area contributed by atoms with Gasteiger partial charge >= 0.3 is 0 Å². The van der Waals surface area contributed by atoms with Crippen LogP contribution in [0.1, 0.15) is 43.7 Å². The number of rotatable bonds is 5. The van der Waals surface area contributed by atoms with Crippen LogP contribution >= 0.6 is 23.1 Å². The predicted molar refractivity (Wildman–Crippen MR) is 93.0 cm³/mol. The first-order valence-corrected chi connectivity index (χ1v) is 9.56. The van der Waals surface area contributed by atoms with Gasteiger partial charge in [-0.05, 0) is 42.3 Å². The Hall–Kier alpha value is -0.510. The van der Waals surface area contributed by atoms with Gasteiger partial charge in [0.1, 0.15) is 0 Å². The van der Waals surface area contributed by atoms with Gasteiger partial charge in [0.25, 0.3) is 0 Å². The molecule has 2 aromatic rings. The number of thiophene rings is 1. The molecular weight excluding hydrogens is 282 g/mol. The molecule has 0 aliphatic heterocycles. The number of hydrogen-bond acceptors (Lipinski definition) is 3. The Balaban J connectivity index is 1.70. The van der Waals surface area contributed by atoms with E-state index in [9.17, 15) is 0 Å². The first-order chi connectivity index (χ1) is 9.88. The molecule has 1 fully saturated rings. The summed E-state index contributed by atoms with van der Waals surface area (Å²) in [4.78, 5) is 0. The molecule has 1 aliphatic carbocycles. The van der Waals surface area contributed by atoms with Gasteiger partial charge in [0.15, 0.2) is 0 Å². The van der Waals surface area contributed by atoms with Gasteiger partial charge in [0.05, 0.1) is 0 Å². The third-order valence-corrected chi connectivity index (χ3v) is 6.73. The molecule has 20 heavy (non-hydrogen) atoms. The van der Waals surface area contributed by atoms with Crippen molar-refractivity contribution >= 4 is 33.2 Å². The van der Waals surface area contributed by atoms with E-state index in [0.29, 0.717) is 6.04 Å². The number of fused-ring (bicyclic) bond motifs is 1. The molecule has 0 spiro atoms. The lowest BCUT2D eigenvalue weighted by molar-refractivity contribution is 0.515. The van der Waals surface area contributed by atoms with Gasteiger partial charge in [-0.15, -0.1) is 11.3 Å². The molecule has 0 amide bonds. The fraction of sp³-hybridized carbons (Fsp3) is 0.529. The highest BCUT2D eigenvalue weighted by atomic mass is 32.2. The van der Waals surface area contributed by atoms with E-state index in [1.54, 1.807) is 0 Å². The summed E-state index contributed by atoms with van der Waals surface area (Å²) in [6.07, 6.45) is 7.15. The average Bonchev–Trinajstić information content (AvgIpc) is 2.98. The van der Waals surface area contributed by atoms with Crippen LogP contribution in [0.25, 0.3) is 10.1 Å². The molecule has 0 saturated heterocycles. The largest absolute Gasteiger partial charge is 0.312 e. The van der Waals surface area contributed by atoms with Gasteiger partial charge in [-0.2, -0.15) is 11.8 Å². The second-order valence-electron chi connectivity index (χ2n) is 5.62. The van der Waals surface area contributed by atoms with E-state index in [1.165, 1.54) is 53.5 Å². The smallest absolute Gasteiger partial charge is 0.0423 e. The van der Waals surface area contributed by atoms with Crippen molar-refractivity contribution in [1.29, 1.82) is 0 Å². The molecule has 1 unspecified atom stereocenters. The molecule has 0 bridgehead atoms. The Labute approximate surface area is 130 Å². The zero-order valence-electron chi connectivity index (χ0n) is 12.1. The van der Waals surface area contributed by atoms with Crippen molar-refractivity contribution in [3.05, 3.63) is 35.2 Å². The van der Waals surface area contributed by atoms with Crippen LogP contribution in [0.4, 0.5) is 0 Å². The molecule has 3 rings (SSSR count). The lowest BCUT2D eigenvalue weighted by Gasteiger charge is -2.24. The van der Waals surface area contributed by atoms with Gasteiger partial charge in [-0.3, -0.25) is 0 Å². The summed E-state index contributed by atoms with van der Waals surface area (Å²) < 4.78 is 1.45. The number of nitrogens with one attached hydrogen (secondary N) is 1. The van der Waals surface area contributed by atoms with Crippen LogP contribution in [-0.4, -0.2) is 18.1 Å². The van der Waals surface area contributed by atoms with Crippen LogP contribution in [0, 0.1) is 0 Å². The van der Waals surface area contributed by atoms with Crippen LogP contribution < -0.4 is 5.32 Å². The van der Waals surface area contributed by atoms with Crippen molar-refractivity contribution in [3.63, 3.8) is 0 Å². The van der Waals surface area contributed by atoms with Crippen molar-refractivity contribution in [2.75, 3.05) is 12.8 Å². The highest BCUT2D eigenvalue weighted by Gasteiger charge is 2.18. The Morgan fingerprint density at radius 1 is 1.25 bits per heavy atom. The molecule has 1 aliphatic rings. The lowest BCUT2D eigenvalue weighted by atomic mass is 10.0. The fourth-order valence-electron chi connectivity index (χ4n) is 3.08. The summed E-state index contributed by atoms with van der Waals surface area (Å²) in [5, 5.41) is 8.00. The number of hydrogen-bond donors (Lipinski definition) is 1.